The number of ketones is 1. The molecule has 4 rings (SSSR count). The van der Waals surface area contributed by atoms with Crippen molar-refractivity contribution in [3.63, 3.8) is 0 Å². The lowest BCUT2D eigenvalue weighted by molar-refractivity contribution is 0.0932. The van der Waals surface area contributed by atoms with Crippen LogP contribution in [0.15, 0.2) is 60.8 Å². The van der Waals surface area contributed by atoms with Gasteiger partial charge >= 0.3 is 0 Å². The summed E-state index contributed by atoms with van der Waals surface area (Å²) in [4.78, 5) is 16.6. The molecule has 28 heavy (non-hydrogen) atoms. The standard InChI is InChI=1S/C23H18N2O3/c1-15-21(10-9-18-20(26)11-13-27-22(15)18)28-23(19-4-2-3-12-25-19)17-7-5-16(14-24)6-8-17/h2-10,12,23H,11,13H2,1H3. The molecule has 2 aromatic carbocycles. The maximum Gasteiger partial charge on any atom is 0.170 e. The molecule has 0 aliphatic carbocycles. The Bertz CT molecular complexity index is 1050. The lowest BCUT2D eigenvalue weighted by atomic mass is 10.0. The molecule has 5 nitrogen and oxygen atoms in total. The van der Waals surface area contributed by atoms with Gasteiger partial charge in [0.05, 0.1) is 29.5 Å². The molecule has 1 aliphatic rings. The predicted molar refractivity (Wildman–Crippen MR) is 103 cm³/mol. The predicted octanol–water partition coefficient (Wildman–Crippen LogP) is 4.40. The smallest absolute Gasteiger partial charge is 0.170 e. The van der Waals surface area contributed by atoms with E-state index >= 15 is 0 Å². The third-order valence-electron chi connectivity index (χ3n) is 4.78. The van der Waals surface area contributed by atoms with Crippen molar-refractivity contribution in [1.29, 1.82) is 5.26 Å². The van der Waals surface area contributed by atoms with E-state index in [1.165, 1.54) is 0 Å². The Hall–Kier alpha value is -3.65. The number of nitrogens with zero attached hydrogens (tertiary/aromatic N) is 2. The van der Waals surface area contributed by atoms with Crippen molar-refractivity contribution in [2.24, 2.45) is 0 Å². The minimum absolute atomic E-state index is 0.0873. The quantitative estimate of drug-likeness (QED) is 0.681. The fourth-order valence-corrected chi connectivity index (χ4v) is 3.28. The van der Waals surface area contributed by atoms with Crippen LogP contribution >= 0.6 is 0 Å². The van der Waals surface area contributed by atoms with E-state index in [0.717, 1.165) is 16.8 Å². The molecule has 0 spiro atoms. The molecule has 5 heteroatoms. The normalized spacial score (nSPS) is 13.8. The van der Waals surface area contributed by atoms with Gasteiger partial charge in [0.25, 0.3) is 0 Å². The molecule has 1 aromatic heterocycles. The average molecular weight is 370 g/mol. The summed E-state index contributed by atoms with van der Waals surface area (Å²) in [5, 5.41) is 9.05. The van der Waals surface area contributed by atoms with E-state index in [1.54, 1.807) is 30.5 Å². The molecule has 0 radical (unpaired) electrons. The summed E-state index contributed by atoms with van der Waals surface area (Å²) in [7, 11) is 0. The van der Waals surface area contributed by atoms with Crippen LogP contribution in [0.4, 0.5) is 0 Å². The summed E-state index contributed by atoms with van der Waals surface area (Å²) in [6, 6.07) is 18.6. The maximum atomic E-state index is 12.1. The highest BCUT2D eigenvalue weighted by Gasteiger charge is 2.24. The highest BCUT2D eigenvalue weighted by molar-refractivity contribution is 6.00. The Morgan fingerprint density at radius 3 is 2.68 bits per heavy atom. The van der Waals surface area contributed by atoms with Gasteiger partial charge in [-0.15, -0.1) is 0 Å². The zero-order valence-electron chi connectivity index (χ0n) is 15.4. The number of Topliss-reactive ketones (excluding diaryl/α,β-unsaturated/α-hetero) is 1. The molecular formula is C23H18N2O3. The zero-order chi connectivity index (χ0) is 19.5. The maximum absolute atomic E-state index is 12.1. The van der Waals surface area contributed by atoms with Crippen LogP contribution in [0.3, 0.4) is 0 Å². The van der Waals surface area contributed by atoms with Crippen molar-refractivity contribution in [2.45, 2.75) is 19.4 Å². The Morgan fingerprint density at radius 2 is 1.96 bits per heavy atom. The number of fused-ring (bicyclic) bond motifs is 1. The molecule has 138 valence electrons. The van der Waals surface area contributed by atoms with E-state index in [4.69, 9.17) is 14.7 Å². The molecule has 0 N–H and O–H groups in total. The number of hydrogen-bond donors (Lipinski definition) is 0. The zero-order valence-corrected chi connectivity index (χ0v) is 15.4. The molecule has 2 heterocycles. The van der Waals surface area contributed by atoms with E-state index in [9.17, 15) is 4.79 Å². The SMILES string of the molecule is Cc1c(OC(c2ccc(C#N)cc2)c2ccccn2)ccc2c1OCCC2=O. The van der Waals surface area contributed by atoms with Crippen LogP contribution in [0.25, 0.3) is 0 Å². The monoisotopic (exact) mass is 370 g/mol. The van der Waals surface area contributed by atoms with Gasteiger partial charge < -0.3 is 9.47 Å². The largest absolute Gasteiger partial charge is 0.492 e. The molecule has 0 bridgehead atoms. The van der Waals surface area contributed by atoms with Crippen molar-refractivity contribution in [3.8, 4) is 17.6 Å². The van der Waals surface area contributed by atoms with Crippen molar-refractivity contribution in [3.05, 3.63) is 88.7 Å². The van der Waals surface area contributed by atoms with E-state index in [1.807, 2.05) is 37.3 Å². The van der Waals surface area contributed by atoms with Crippen LogP contribution in [0.1, 0.15) is 45.3 Å². The van der Waals surface area contributed by atoms with Crippen LogP contribution in [0.2, 0.25) is 0 Å². The van der Waals surface area contributed by atoms with E-state index in [2.05, 4.69) is 11.1 Å². The van der Waals surface area contributed by atoms with E-state index in [-0.39, 0.29) is 5.78 Å². The first-order valence-corrected chi connectivity index (χ1v) is 9.04. The van der Waals surface area contributed by atoms with Crippen molar-refractivity contribution >= 4 is 5.78 Å². The Kier molecular flexibility index (Phi) is 4.77. The fraction of sp³-hybridized carbons (Fsp3) is 0.174. The number of aromatic nitrogens is 1. The molecule has 0 fully saturated rings. The second-order valence-electron chi connectivity index (χ2n) is 6.57. The summed E-state index contributed by atoms with van der Waals surface area (Å²) in [5.74, 6) is 1.31. The summed E-state index contributed by atoms with van der Waals surface area (Å²) in [6.45, 7) is 2.27. The summed E-state index contributed by atoms with van der Waals surface area (Å²) in [6.07, 6.45) is 1.66. The second kappa shape index (κ2) is 7.53. The number of nitriles is 1. The highest BCUT2D eigenvalue weighted by atomic mass is 16.5. The van der Waals surface area contributed by atoms with Crippen LogP contribution in [0, 0.1) is 18.3 Å². The Balaban J connectivity index is 1.74. The number of benzene rings is 2. The minimum atomic E-state index is -0.454. The van der Waals surface area contributed by atoms with Gasteiger partial charge in [-0.05, 0) is 48.9 Å². The number of carbonyl (C=O) groups is 1. The average Bonchev–Trinajstić information content (AvgIpc) is 2.75. The van der Waals surface area contributed by atoms with E-state index in [0.29, 0.717) is 35.7 Å². The van der Waals surface area contributed by atoms with E-state index < -0.39 is 6.10 Å². The Morgan fingerprint density at radius 1 is 1.14 bits per heavy atom. The number of hydrogen-bond acceptors (Lipinski definition) is 5. The van der Waals surface area contributed by atoms with Gasteiger partial charge in [0, 0.05) is 18.2 Å². The Labute approximate surface area is 163 Å². The van der Waals surface area contributed by atoms with Crippen LogP contribution in [0.5, 0.6) is 11.5 Å². The third-order valence-corrected chi connectivity index (χ3v) is 4.78. The number of carbonyl (C=O) groups excluding carboxylic acids is 1. The molecule has 3 aromatic rings. The molecule has 1 aliphatic heterocycles. The summed E-state index contributed by atoms with van der Waals surface area (Å²) in [5.41, 5.74) is 3.61. The van der Waals surface area contributed by atoms with Crippen molar-refractivity contribution in [1.82, 2.24) is 4.98 Å². The summed E-state index contributed by atoms with van der Waals surface area (Å²) >= 11 is 0. The molecular weight excluding hydrogens is 352 g/mol. The number of ether oxygens (including phenoxy) is 2. The van der Waals surface area contributed by atoms with Gasteiger partial charge in [0.15, 0.2) is 11.9 Å². The van der Waals surface area contributed by atoms with Gasteiger partial charge in [-0.1, -0.05) is 18.2 Å². The highest BCUT2D eigenvalue weighted by Crippen LogP contribution is 2.37. The van der Waals surface area contributed by atoms with Gasteiger partial charge in [0.1, 0.15) is 11.5 Å². The third kappa shape index (κ3) is 3.33. The molecule has 0 saturated heterocycles. The summed E-state index contributed by atoms with van der Waals surface area (Å²) < 4.78 is 12.1. The van der Waals surface area contributed by atoms with Crippen LogP contribution in [-0.4, -0.2) is 17.4 Å². The number of pyridine rings is 1. The number of rotatable bonds is 4. The first-order chi connectivity index (χ1) is 13.7. The molecule has 0 amide bonds. The lowest BCUT2D eigenvalue weighted by Crippen LogP contribution is -2.17. The van der Waals surface area contributed by atoms with Gasteiger partial charge in [-0.2, -0.15) is 5.26 Å². The second-order valence-corrected chi connectivity index (χ2v) is 6.57. The molecule has 0 saturated carbocycles. The van der Waals surface area contributed by atoms with Crippen molar-refractivity contribution < 1.29 is 14.3 Å². The fourth-order valence-electron chi connectivity index (χ4n) is 3.28. The minimum Gasteiger partial charge on any atom is -0.492 e. The lowest BCUT2D eigenvalue weighted by Gasteiger charge is -2.24. The molecule has 1 atom stereocenters. The van der Waals surface area contributed by atoms with Crippen LogP contribution in [-0.2, 0) is 0 Å². The van der Waals surface area contributed by atoms with Crippen LogP contribution < -0.4 is 9.47 Å². The van der Waals surface area contributed by atoms with Crippen molar-refractivity contribution in [2.75, 3.05) is 6.61 Å². The molecule has 1 unspecified atom stereocenters. The van der Waals surface area contributed by atoms with Gasteiger partial charge in [-0.3, -0.25) is 9.78 Å². The van der Waals surface area contributed by atoms with Gasteiger partial charge in [0.2, 0.25) is 0 Å². The topological polar surface area (TPSA) is 72.2 Å². The first kappa shape index (κ1) is 17.7. The van der Waals surface area contributed by atoms with Gasteiger partial charge in [-0.25, -0.2) is 0 Å². The first-order valence-electron chi connectivity index (χ1n) is 9.04.